The topological polar surface area (TPSA) is 91.6 Å². The molecule has 53 heavy (non-hydrogen) atoms. The first-order valence-corrected chi connectivity index (χ1v) is 18.2. The van der Waals surface area contributed by atoms with Crippen molar-refractivity contribution in [1.82, 2.24) is 15.0 Å². The Hall–Kier alpha value is -3.16. The highest BCUT2D eigenvalue weighted by Gasteiger charge is 2.44. The number of aromatic nitrogens is 3. The second-order valence-electron chi connectivity index (χ2n) is 16.2. The Balaban J connectivity index is 0.00000541. The summed E-state index contributed by atoms with van der Waals surface area (Å²) in [4.78, 5) is 16.1. The largest absolute Gasteiger partial charge is 0.490 e. The lowest BCUT2D eigenvalue weighted by molar-refractivity contribution is -0.137. The molecular formula is C39H49ClF6N4O3. The first kappa shape index (κ1) is 41.0. The fourth-order valence-corrected chi connectivity index (χ4v) is 8.03. The molecule has 1 aromatic carbocycles. The number of hydrogen-bond donors (Lipinski definition) is 2. The molecule has 3 aromatic rings. The van der Waals surface area contributed by atoms with Crippen molar-refractivity contribution in [2.75, 3.05) is 24.6 Å². The van der Waals surface area contributed by atoms with Gasteiger partial charge in [0.15, 0.2) is 11.9 Å². The van der Waals surface area contributed by atoms with E-state index < -0.39 is 41.5 Å². The number of fused-ring (bicyclic) bond motifs is 1. The smallest absolute Gasteiger partial charge is 0.416 e. The zero-order chi connectivity index (χ0) is 37.6. The van der Waals surface area contributed by atoms with Crippen molar-refractivity contribution in [3.05, 3.63) is 75.9 Å². The van der Waals surface area contributed by atoms with E-state index in [9.17, 15) is 32.2 Å². The van der Waals surface area contributed by atoms with Crippen LogP contribution >= 0.6 is 12.4 Å². The maximum atomic E-state index is 17.3. The van der Waals surface area contributed by atoms with Gasteiger partial charge >= 0.3 is 6.18 Å². The Labute approximate surface area is 313 Å². The summed E-state index contributed by atoms with van der Waals surface area (Å²) in [7, 11) is 0. The third-order valence-corrected chi connectivity index (χ3v) is 10.8. The third kappa shape index (κ3) is 9.57. The number of ether oxygens (including phenoxy) is 1. The molecule has 1 unspecified atom stereocenters. The number of anilines is 1. The van der Waals surface area contributed by atoms with Gasteiger partial charge in [0.05, 0.1) is 42.0 Å². The minimum atomic E-state index is -4.60. The van der Waals surface area contributed by atoms with E-state index in [1.807, 2.05) is 18.7 Å². The number of benzene rings is 1. The second-order valence-corrected chi connectivity index (χ2v) is 16.2. The van der Waals surface area contributed by atoms with Crippen molar-refractivity contribution in [2.45, 2.75) is 127 Å². The summed E-state index contributed by atoms with van der Waals surface area (Å²) >= 11 is 0. The number of halogens is 7. The van der Waals surface area contributed by atoms with Crippen LogP contribution in [0.3, 0.4) is 0 Å². The highest BCUT2D eigenvalue weighted by molar-refractivity contribution is 5.85. The van der Waals surface area contributed by atoms with E-state index in [1.54, 1.807) is 26.2 Å². The van der Waals surface area contributed by atoms with E-state index in [-0.39, 0.29) is 60.6 Å². The Morgan fingerprint density at radius 2 is 1.55 bits per heavy atom. The van der Waals surface area contributed by atoms with Gasteiger partial charge < -0.3 is 19.8 Å². The molecule has 7 nitrogen and oxygen atoms in total. The van der Waals surface area contributed by atoms with Crippen molar-refractivity contribution in [1.29, 1.82) is 0 Å². The molecule has 14 heteroatoms. The zero-order valence-corrected chi connectivity index (χ0v) is 31.3. The molecule has 0 radical (unpaired) electrons. The number of rotatable bonds is 9. The number of piperidine rings is 1. The van der Waals surface area contributed by atoms with Gasteiger partial charge in [0.2, 0.25) is 11.9 Å². The number of pyridine rings is 1. The van der Waals surface area contributed by atoms with Crippen molar-refractivity contribution in [3.63, 3.8) is 0 Å². The van der Waals surface area contributed by atoms with Gasteiger partial charge in [-0.3, -0.25) is 4.98 Å². The summed E-state index contributed by atoms with van der Waals surface area (Å²) in [6, 6.07) is 3.97. The molecule has 1 saturated carbocycles. The molecule has 2 fully saturated rings. The Morgan fingerprint density at radius 1 is 0.943 bits per heavy atom. The summed E-state index contributed by atoms with van der Waals surface area (Å²) in [6.45, 7) is 8.78. The van der Waals surface area contributed by atoms with Crippen LogP contribution in [-0.2, 0) is 12.6 Å². The molecule has 3 heterocycles. The first-order chi connectivity index (χ1) is 24.3. The summed E-state index contributed by atoms with van der Waals surface area (Å²) in [5.41, 5.74) is 0.273. The summed E-state index contributed by atoms with van der Waals surface area (Å²) < 4.78 is 92.3. The monoisotopic (exact) mass is 770 g/mol. The van der Waals surface area contributed by atoms with Crippen LogP contribution in [0.2, 0.25) is 0 Å². The Bertz CT molecular complexity index is 1700. The van der Waals surface area contributed by atoms with Gasteiger partial charge in [-0.15, -0.1) is 12.4 Å². The quantitative estimate of drug-likeness (QED) is 0.210. The maximum Gasteiger partial charge on any atom is 0.416 e. The molecule has 2 atom stereocenters. The minimum absolute atomic E-state index is 0. The van der Waals surface area contributed by atoms with Crippen molar-refractivity contribution in [3.8, 4) is 5.75 Å². The van der Waals surface area contributed by atoms with E-state index in [4.69, 9.17) is 9.72 Å². The van der Waals surface area contributed by atoms with Gasteiger partial charge in [0.1, 0.15) is 0 Å². The fraction of sp³-hybridized carbons (Fsp3) is 0.615. The van der Waals surface area contributed by atoms with Gasteiger partial charge in [0.25, 0.3) is 0 Å². The molecule has 6 rings (SSSR count). The summed E-state index contributed by atoms with van der Waals surface area (Å²) in [5.74, 6) is -2.59. The molecule has 292 valence electrons. The molecule has 1 aliphatic heterocycles. The van der Waals surface area contributed by atoms with Gasteiger partial charge in [-0.05, 0) is 87.0 Å². The summed E-state index contributed by atoms with van der Waals surface area (Å²) in [6.07, 6.45) is -2.46. The standard InChI is InChI=1S/C39H48F6N4O3.ClH/c1-36(2)19-28-31(29(50)20-36)30(23-9-13-38(41,42)14-10-23)32(33(40)24-5-7-26(8-6-24)39(43,44)45)34(48-28)25-11-16-49(17-12-25)35-46-21-27(22-47-35)52-18-15-37(3,4)51;/h5-8,21-23,25,29,33,50-51H,9-20H2,1-4H3;1H/t29-,33?;/m0./s1. The molecule has 0 amide bonds. The Kier molecular flexibility index (Phi) is 12.0. The second kappa shape index (κ2) is 15.5. The van der Waals surface area contributed by atoms with Crippen molar-refractivity contribution in [2.24, 2.45) is 5.41 Å². The highest BCUT2D eigenvalue weighted by Crippen LogP contribution is 2.52. The van der Waals surface area contributed by atoms with Crippen LogP contribution in [0.1, 0.15) is 142 Å². The van der Waals surface area contributed by atoms with Gasteiger partial charge in [-0.1, -0.05) is 26.0 Å². The van der Waals surface area contributed by atoms with E-state index in [2.05, 4.69) is 9.97 Å². The molecule has 2 aliphatic carbocycles. The van der Waals surface area contributed by atoms with Crippen LogP contribution in [0.25, 0.3) is 0 Å². The van der Waals surface area contributed by atoms with Crippen LogP contribution in [-0.4, -0.2) is 56.4 Å². The molecule has 0 spiro atoms. The Morgan fingerprint density at radius 3 is 2.11 bits per heavy atom. The van der Waals surface area contributed by atoms with Crippen LogP contribution in [0, 0.1) is 5.41 Å². The molecule has 2 aromatic heterocycles. The maximum absolute atomic E-state index is 17.3. The summed E-state index contributed by atoms with van der Waals surface area (Å²) in [5, 5.41) is 21.5. The van der Waals surface area contributed by atoms with Crippen molar-refractivity contribution >= 4 is 18.4 Å². The predicted molar refractivity (Wildman–Crippen MR) is 192 cm³/mol. The van der Waals surface area contributed by atoms with Crippen LogP contribution < -0.4 is 9.64 Å². The molecular weight excluding hydrogens is 722 g/mol. The zero-order valence-electron chi connectivity index (χ0n) is 30.5. The number of alkyl halides is 6. The van der Waals surface area contributed by atoms with Gasteiger partial charge in [-0.25, -0.2) is 23.1 Å². The first-order valence-electron chi connectivity index (χ1n) is 18.2. The fourth-order valence-electron chi connectivity index (χ4n) is 8.03. The number of hydrogen-bond acceptors (Lipinski definition) is 7. The molecule has 3 aliphatic rings. The highest BCUT2D eigenvalue weighted by atomic mass is 35.5. The van der Waals surface area contributed by atoms with E-state index in [1.165, 1.54) is 0 Å². The lowest BCUT2D eigenvalue weighted by Crippen LogP contribution is -2.36. The molecule has 0 bridgehead atoms. The average molecular weight is 771 g/mol. The SMILES string of the molecule is CC(C)(O)CCOc1cnc(N2CCC(c3nc4c(c(C5CCC(F)(F)CC5)c3C(F)c3ccc(C(F)(F)F)cc3)[C@@H](O)CC(C)(C)C4)CC2)nc1.Cl. The van der Waals surface area contributed by atoms with Gasteiger partial charge in [0, 0.05) is 55.1 Å². The average Bonchev–Trinajstić information content (AvgIpc) is 3.06. The van der Waals surface area contributed by atoms with E-state index >= 15 is 4.39 Å². The van der Waals surface area contributed by atoms with E-state index in [0.717, 1.165) is 24.3 Å². The van der Waals surface area contributed by atoms with Crippen molar-refractivity contribution < 1.29 is 41.3 Å². The normalized spacial score (nSPS) is 21.4. The predicted octanol–water partition coefficient (Wildman–Crippen LogP) is 9.59. The van der Waals surface area contributed by atoms with Crippen LogP contribution in [0.15, 0.2) is 36.7 Å². The lowest BCUT2D eigenvalue weighted by Gasteiger charge is -2.41. The number of aliphatic hydroxyl groups is 2. The van der Waals surface area contributed by atoms with E-state index in [0.29, 0.717) is 86.0 Å². The van der Waals surface area contributed by atoms with Crippen LogP contribution in [0.5, 0.6) is 5.75 Å². The molecule has 2 N–H and O–H groups in total. The number of nitrogens with zero attached hydrogens (tertiary/aromatic N) is 4. The third-order valence-electron chi connectivity index (χ3n) is 10.8. The van der Waals surface area contributed by atoms with Crippen LogP contribution in [0.4, 0.5) is 32.3 Å². The van der Waals surface area contributed by atoms with Gasteiger partial charge in [-0.2, -0.15) is 13.2 Å². The lowest BCUT2D eigenvalue weighted by atomic mass is 9.68. The minimum Gasteiger partial charge on any atom is -0.490 e. The number of aliphatic hydroxyl groups excluding tert-OH is 1. The molecule has 1 saturated heterocycles.